The Morgan fingerprint density at radius 1 is 1.26 bits per heavy atom. The van der Waals surface area contributed by atoms with E-state index >= 15 is 0 Å². The molecule has 1 aromatic carbocycles. The molecule has 2 aromatic rings. The van der Waals surface area contributed by atoms with Crippen LogP contribution < -0.4 is 5.32 Å². The number of sulfone groups is 1. The predicted molar refractivity (Wildman–Crippen MR) is 141 cm³/mol. The molecule has 0 radical (unpaired) electrons. The number of halogens is 4. The first kappa shape index (κ1) is 30.4. The number of aliphatic hydroxyl groups is 1. The minimum atomic E-state index is -4.34. The van der Waals surface area contributed by atoms with Crippen molar-refractivity contribution in [3.05, 3.63) is 40.0 Å². The third-order valence-corrected chi connectivity index (χ3v) is 9.46. The second-order valence-corrected chi connectivity index (χ2v) is 13.7. The van der Waals surface area contributed by atoms with Gasteiger partial charge in [-0.1, -0.05) is 43.6 Å². The average Bonchev–Trinajstić information content (AvgIpc) is 3.12. The third kappa shape index (κ3) is 6.54. The fourth-order valence-electron chi connectivity index (χ4n) is 4.85. The highest BCUT2D eigenvalue weighted by molar-refractivity contribution is 7.91. The Balaban J connectivity index is 1.79. The Hall–Kier alpha value is -2.11. The summed E-state index contributed by atoms with van der Waals surface area (Å²) in [5.74, 6) is -0.580. The molecule has 212 valence electrons. The summed E-state index contributed by atoms with van der Waals surface area (Å²) in [6.07, 6.45) is -2.22. The number of benzene rings is 1. The smallest absolute Gasteiger partial charge is 0.388 e. The summed E-state index contributed by atoms with van der Waals surface area (Å²) < 4.78 is 65.2. The van der Waals surface area contributed by atoms with E-state index in [-0.39, 0.29) is 36.5 Å². The molecule has 1 aromatic heterocycles. The van der Waals surface area contributed by atoms with Crippen LogP contribution in [0.2, 0.25) is 5.02 Å². The molecule has 12 heteroatoms. The molecule has 7 nitrogen and oxygen atoms in total. The maximum Gasteiger partial charge on any atom is 0.394 e. The zero-order valence-electron chi connectivity index (χ0n) is 22.2. The van der Waals surface area contributed by atoms with Gasteiger partial charge in [0.25, 0.3) is 5.91 Å². The summed E-state index contributed by atoms with van der Waals surface area (Å²) in [5.41, 5.74) is -0.789. The van der Waals surface area contributed by atoms with Crippen LogP contribution in [-0.4, -0.2) is 59.0 Å². The van der Waals surface area contributed by atoms with Gasteiger partial charge in [-0.2, -0.15) is 18.3 Å². The van der Waals surface area contributed by atoms with Gasteiger partial charge in [0.1, 0.15) is 9.84 Å². The van der Waals surface area contributed by atoms with Crippen LogP contribution in [0.4, 0.5) is 13.2 Å². The van der Waals surface area contributed by atoms with E-state index in [0.29, 0.717) is 41.8 Å². The normalized spacial score (nSPS) is 20.9. The van der Waals surface area contributed by atoms with Crippen LogP contribution in [0.1, 0.15) is 68.1 Å². The summed E-state index contributed by atoms with van der Waals surface area (Å²) in [5, 5.41) is 17.5. The molecule has 1 fully saturated rings. The van der Waals surface area contributed by atoms with Gasteiger partial charge in [0.2, 0.25) is 0 Å². The van der Waals surface area contributed by atoms with Crippen molar-refractivity contribution in [1.29, 1.82) is 0 Å². The van der Waals surface area contributed by atoms with Crippen LogP contribution in [0.3, 0.4) is 0 Å². The van der Waals surface area contributed by atoms with Gasteiger partial charge in [-0.3, -0.25) is 9.48 Å². The number of hydrogen-bond acceptors (Lipinski definition) is 5. The summed E-state index contributed by atoms with van der Waals surface area (Å²) in [4.78, 5) is 13.0. The molecule has 0 atom stereocenters. The maximum absolute atomic E-state index is 13.4. The molecule has 0 aliphatic heterocycles. The number of nitrogens with one attached hydrogen (secondary N) is 1. The van der Waals surface area contributed by atoms with E-state index < -0.39 is 38.2 Å². The number of rotatable bonds is 8. The van der Waals surface area contributed by atoms with E-state index in [2.05, 4.69) is 10.4 Å². The highest BCUT2D eigenvalue weighted by Gasteiger charge is 2.47. The topological polar surface area (TPSA) is 101 Å². The Morgan fingerprint density at radius 2 is 1.87 bits per heavy atom. The molecule has 1 saturated carbocycles. The SMILES string of the molecule is CCn1nc(C(=O)NCC2(O)CCC(S(C)(=O)=O)CC2)c(Cl)c1-c1ccc(CC(C)(C)C(F)(F)F)cc1C. The van der Waals surface area contributed by atoms with E-state index in [4.69, 9.17) is 11.6 Å². The van der Waals surface area contributed by atoms with Crippen molar-refractivity contribution in [3.63, 3.8) is 0 Å². The first-order chi connectivity index (χ1) is 17.4. The minimum Gasteiger partial charge on any atom is -0.388 e. The summed E-state index contributed by atoms with van der Waals surface area (Å²) in [6, 6.07) is 5.01. The van der Waals surface area contributed by atoms with Crippen molar-refractivity contribution in [2.45, 2.75) is 83.4 Å². The summed E-state index contributed by atoms with van der Waals surface area (Å²) in [7, 11) is -3.19. The van der Waals surface area contributed by atoms with Crippen LogP contribution in [0.15, 0.2) is 18.2 Å². The third-order valence-electron chi connectivity index (χ3n) is 7.42. The van der Waals surface area contributed by atoms with Crippen LogP contribution in [0.5, 0.6) is 0 Å². The average molecular weight is 578 g/mol. The summed E-state index contributed by atoms with van der Waals surface area (Å²) >= 11 is 6.62. The van der Waals surface area contributed by atoms with E-state index in [1.165, 1.54) is 6.26 Å². The van der Waals surface area contributed by atoms with Gasteiger partial charge in [0.05, 0.1) is 27.0 Å². The van der Waals surface area contributed by atoms with Gasteiger partial charge in [-0.05, 0) is 57.1 Å². The molecular formula is C26H35ClF3N3O4S. The van der Waals surface area contributed by atoms with Gasteiger partial charge >= 0.3 is 6.18 Å². The molecule has 3 rings (SSSR count). The van der Waals surface area contributed by atoms with Crippen LogP contribution in [-0.2, 0) is 22.8 Å². The molecule has 0 saturated heterocycles. The number of hydrogen-bond donors (Lipinski definition) is 2. The first-order valence-electron chi connectivity index (χ1n) is 12.5. The van der Waals surface area contributed by atoms with E-state index in [1.54, 1.807) is 29.8 Å². The zero-order valence-corrected chi connectivity index (χ0v) is 23.8. The van der Waals surface area contributed by atoms with Gasteiger partial charge in [-0.25, -0.2) is 8.42 Å². The van der Waals surface area contributed by atoms with Crippen LogP contribution in [0, 0.1) is 12.3 Å². The zero-order chi connectivity index (χ0) is 28.7. The molecule has 38 heavy (non-hydrogen) atoms. The molecule has 1 aliphatic rings. The number of amides is 1. The van der Waals surface area contributed by atoms with Crippen molar-refractivity contribution < 1.29 is 31.5 Å². The lowest BCUT2D eigenvalue weighted by molar-refractivity contribution is -0.211. The van der Waals surface area contributed by atoms with Crippen molar-refractivity contribution in [3.8, 4) is 11.3 Å². The molecule has 0 bridgehead atoms. The number of carbonyl (C=O) groups excluding carboxylic acids is 1. The monoisotopic (exact) mass is 577 g/mol. The van der Waals surface area contributed by atoms with Gasteiger partial charge in [0.15, 0.2) is 5.69 Å². The quantitative estimate of drug-likeness (QED) is 0.454. The van der Waals surface area contributed by atoms with Crippen LogP contribution in [0.25, 0.3) is 11.3 Å². The van der Waals surface area contributed by atoms with E-state index in [0.717, 1.165) is 13.8 Å². The lowest BCUT2D eigenvalue weighted by Crippen LogP contribution is -2.47. The molecule has 1 heterocycles. The Labute approximate surface area is 226 Å². The van der Waals surface area contributed by atoms with Crippen molar-refractivity contribution in [1.82, 2.24) is 15.1 Å². The number of aromatic nitrogens is 2. The number of nitrogens with zero attached hydrogens (tertiary/aromatic N) is 2. The maximum atomic E-state index is 13.4. The van der Waals surface area contributed by atoms with Crippen LogP contribution >= 0.6 is 11.6 Å². The van der Waals surface area contributed by atoms with Gasteiger partial charge in [-0.15, -0.1) is 0 Å². The highest BCUT2D eigenvalue weighted by Crippen LogP contribution is 2.41. The number of carbonyl (C=O) groups is 1. The number of aryl methyl sites for hydroxylation is 2. The summed E-state index contributed by atoms with van der Waals surface area (Å²) in [6.45, 7) is 6.24. The van der Waals surface area contributed by atoms with E-state index in [1.807, 2.05) is 6.92 Å². The van der Waals surface area contributed by atoms with Gasteiger partial charge in [0, 0.05) is 24.9 Å². The molecule has 0 spiro atoms. The molecule has 1 aliphatic carbocycles. The largest absolute Gasteiger partial charge is 0.394 e. The van der Waals surface area contributed by atoms with Crippen molar-refractivity contribution in [2.24, 2.45) is 5.41 Å². The molecule has 0 unspecified atom stereocenters. The van der Waals surface area contributed by atoms with Crippen molar-refractivity contribution in [2.75, 3.05) is 12.8 Å². The predicted octanol–water partition coefficient (Wildman–Crippen LogP) is 5.11. The first-order valence-corrected chi connectivity index (χ1v) is 14.8. The molecule has 1 amide bonds. The fraction of sp³-hybridized carbons (Fsp3) is 0.615. The number of alkyl halides is 3. The lowest BCUT2D eigenvalue weighted by atomic mass is 9.84. The molecular weight excluding hydrogens is 543 g/mol. The highest BCUT2D eigenvalue weighted by atomic mass is 35.5. The molecule has 2 N–H and O–H groups in total. The Bertz CT molecular complexity index is 1300. The van der Waals surface area contributed by atoms with E-state index in [9.17, 15) is 31.5 Å². The second-order valence-electron chi connectivity index (χ2n) is 11.0. The minimum absolute atomic E-state index is 0.0291. The lowest BCUT2D eigenvalue weighted by Gasteiger charge is -2.35. The van der Waals surface area contributed by atoms with Gasteiger partial charge < -0.3 is 10.4 Å². The Kier molecular flexibility index (Phi) is 8.66. The van der Waals surface area contributed by atoms with Crippen molar-refractivity contribution >= 4 is 27.3 Å². The Morgan fingerprint density at radius 3 is 2.37 bits per heavy atom. The standard InChI is InChI=1S/C26H35ClF3N3O4S/c1-6-33-22(19-8-7-17(13-16(19)2)14-24(3,4)26(28,29)30)20(27)21(32-33)23(34)31-15-25(35)11-9-18(10-12-25)38(5,36)37/h7-8,13,18,35H,6,9-12,14-15H2,1-5H3,(H,31,34). The second kappa shape index (κ2) is 10.8. The fourth-order valence-corrected chi connectivity index (χ4v) is 6.26.